The van der Waals surface area contributed by atoms with Crippen molar-refractivity contribution in [3.8, 4) is 5.75 Å². The monoisotopic (exact) mass is 407 g/mol. The molecule has 1 atom stereocenters. The molecule has 3 aromatic rings. The zero-order chi connectivity index (χ0) is 21.5. The fraction of sp³-hybridized carbons (Fsp3) is 0.273. The molecule has 0 bridgehead atoms. The van der Waals surface area contributed by atoms with Crippen LogP contribution in [0.25, 0.3) is 0 Å². The number of ether oxygens (including phenoxy) is 1. The molecule has 3 rings (SSSR count). The summed E-state index contributed by atoms with van der Waals surface area (Å²) in [6, 6.07) is 16.9. The first kappa shape index (κ1) is 21.0. The molecule has 8 heteroatoms. The maximum Gasteiger partial charge on any atom is 0.274 e. The van der Waals surface area contributed by atoms with Gasteiger partial charge in [-0.25, -0.2) is 4.68 Å². The number of aromatic nitrogens is 3. The van der Waals surface area contributed by atoms with Gasteiger partial charge in [0, 0.05) is 14.1 Å². The molecule has 1 N–H and O–H groups in total. The summed E-state index contributed by atoms with van der Waals surface area (Å²) in [5, 5.41) is 10.8. The minimum absolute atomic E-state index is 0.0221. The average Bonchev–Trinajstić information content (AvgIpc) is 3.22. The van der Waals surface area contributed by atoms with Gasteiger partial charge in [0.15, 0.2) is 5.69 Å². The predicted octanol–water partition coefficient (Wildman–Crippen LogP) is 2.28. The average molecular weight is 407 g/mol. The summed E-state index contributed by atoms with van der Waals surface area (Å²) in [5.74, 6) is 0.262. The lowest BCUT2D eigenvalue weighted by Gasteiger charge is -2.19. The lowest BCUT2D eigenvalue weighted by atomic mass is 9.98. The van der Waals surface area contributed by atoms with E-state index in [0.29, 0.717) is 6.61 Å². The Labute approximate surface area is 175 Å². The smallest absolute Gasteiger partial charge is 0.274 e. The maximum atomic E-state index is 12.9. The number of carbonyl (C=O) groups excluding carboxylic acids is 2. The first-order valence-electron chi connectivity index (χ1n) is 9.66. The Morgan fingerprint density at radius 3 is 2.37 bits per heavy atom. The highest BCUT2D eigenvalue weighted by atomic mass is 16.5. The van der Waals surface area contributed by atoms with Crippen LogP contribution in [0.15, 0.2) is 60.8 Å². The number of nitrogens with one attached hydrogen (secondary N) is 1. The van der Waals surface area contributed by atoms with E-state index in [1.165, 1.54) is 15.8 Å². The third-order valence-corrected chi connectivity index (χ3v) is 4.50. The summed E-state index contributed by atoms with van der Waals surface area (Å²) in [5.41, 5.74) is 1.99. The second kappa shape index (κ2) is 9.69. The van der Waals surface area contributed by atoms with E-state index in [9.17, 15) is 9.59 Å². The van der Waals surface area contributed by atoms with Crippen molar-refractivity contribution in [2.75, 3.05) is 20.7 Å². The van der Waals surface area contributed by atoms with E-state index in [0.717, 1.165) is 16.9 Å². The summed E-state index contributed by atoms with van der Waals surface area (Å²) in [4.78, 5) is 26.2. The molecule has 0 aliphatic rings. The van der Waals surface area contributed by atoms with Gasteiger partial charge in [-0.1, -0.05) is 47.7 Å². The molecular formula is C22H25N5O3. The fourth-order valence-electron chi connectivity index (χ4n) is 2.89. The van der Waals surface area contributed by atoms with Crippen LogP contribution in [0.2, 0.25) is 0 Å². The quantitative estimate of drug-likeness (QED) is 0.619. The van der Waals surface area contributed by atoms with Gasteiger partial charge in [0.1, 0.15) is 12.3 Å². The molecule has 2 aromatic carbocycles. The minimum atomic E-state index is -0.374. The standard InChI is InChI=1S/C22H25N5O3/c1-4-30-18-12-10-17(11-13-18)21(16-8-6-5-7-9-16)23-22(29)19-14-27(25-24-19)15-20(28)26(2)3/h5-14,21H,4,15H2,1-3H3,(H,23,29). The van der Waals surface area contributed by atoms with Crippen LogP contribution >= 0.6 is 0 Å². The molecule has 0 aliphatic carbocycles. The van der Waals surface area contributed by atoms with E-state index >= 15 is 0 Å². The van der Waals surface area contributed by atoms with Gasteiger partial charge in [-0.05, 0) is 30.2 Å². The number of rotatable bonds is 8. The fourth-order valence-corrected chi connectivity index (χ4v) is 2.89. The van der Waals surface area contributed by atoms with Crippen LogP contribution < -0.4 is 10.1 Å². The van der Waals surface area contributed by atoms with Gasteiger partial charge in [-0.15, -0.1) is 5.10 Å². The zero-order valence-corrected chi connectivity index (χ0v) is 17.3. The van der Waals surface area contributed by atoms with E-state index in [4.69, 9.17) is 4.74 Å². The third kappa shape index (κ3) is 5.22. The van der Waals surface area contributed by atoms with Crippen molar-refractivity contribution in [3.05, 3.63) is 77.6 Å². The largest absolute Gasteiger partial charge is 0.494 e. The Morgan fingerprint density at radius 2 is 1.73 bits per heavy atom. The molecule has 0 fully saturated rings. The van der Waals surface area contributed by atoms with E-state index in [1.807, 2.05) is 61.5 Å². The number of hydrogen-bond donors (Lipinski definition) is 1. The predicted molar refractivity (Wildman–Crippen MR) is 112 cm³/mol. The molecule has 156 valence electrons. The van der Waals surface area contributed by atoms with E-state index in [1.54, 1.807) is 14.1 Å². The normalized spacial score (nSPS) is 11.6. The molecule has 1 heterocycles. The number of benzene rings is 2. The van der Waals surface area contributed by atoms with Crippen molar-refractivity contribution < 1.29 is 14.3 Å². The third-order valence-electron chi connectivity index (χ3n) is 4.50. The molecule has 1 aromatic heterocycles. The second-order valence-electron chi connectivity index (χ2n) is 6.91. The van der Waals surface area contributed by atoms with Gasteiger partial charge < -0.3 is 15.0 Å². The van der Waals surface area contributed by atoms with Crippen LogP contribution in [0.3, 0.4) is 0 Å². The van der Waals surface area contributed by atoms with Crippen LogP contribution in [0.1, 0.15) is 34.6 Å². The molecule has 0 saturated carbocycles. The van der Waals surface area contributed by atoms with Crippen LogP contribution in [0, 0.1) is 0 Å². The van der Waals surface area contributed by atoms with Crippen molar-refractivity contribution in [2.45, 2.75) is 19.5 Å². The van der Waals surface area contributed by atoms with Gasteiger partial charge in [0.2, 0.25) is 5.91 Å². The number of carbonyl (C=O) groups is 2. The van der Waals surface area contributed by atoms with Crippen LogP contribution in [-0.2, 0) is 11.3 Å². The molecule has 30 heavy (non-hydrogen) atoms. The number of amides is 2. The second-order valence-corrected chi connectivity index (χ2v) is 6.91. The molecular weight excluding hydrogens is 382 g/mol. The Kier molecular flexibility index (Phi) is 6.79. The molecule has 0 saturated heterocycles. The summed E-state index contributed by atoms with van der Waals surface area (Å²) in [6.07, 6.45) is 1.47. The van der Waals surface area contributed by atoms with Gasteiger partial charge in [0.05, 0.1) is 18.8 Å². The molecule has 2 amide bonds. The highest BCUT2D eigenvalue weighted by Crippen LogP contribution is 2.24. The Bertz CT molecular complexity index is 984. The van der Waals surface area contributed by atoms with E-state index in [-0.39, 0.29) is 30.1 Å². The molecule has 0 spiro atoms. The molecule has 1 unspecified atom stereocenters. The summed E-state index contributed by atoms with van der Waals surface area (Å²) in [6.45, 7) is 2.54. The van der Waals surface area contributed by atoms with Crippen molar-refractivity contribution in [1.82, 2.24) is 25.2 Å². The van der Waals surface area contributed by atoms with Gasteiger partial charge in [-0.3, -0.25) is 9.59 Å². The SMILES string of the molecule is CCOc1ccc(C(NC(=O)c2cn(CC(=O)N(C)C)nn2)c2ccccc2)cc1. The lowest BCUT2D eigenvalue weighted by molar-refractivity contribution is -0.129. The van der Waals surface area contributed by atoms with Crippen LogP contribution in [-0.4, -0.2) is 52.4 Å². The maximum absolute atomic E-state index is 12.9. The number of likely N-dealkylation sites (N-methyl/N-ethyl adjacent to an activating group) is 1. The summed E-state index contributed by atoms with van der Waals surface area (Å²) < 4.78 is 6.86. The first-order valence-corrected chi connectivity index (χ1v) is 9.66. The number of hydrogen-bond acceptors (Lipinski definition) is 5. The zero-order valence-electron chi connectivity index (χ0n) is 17.3. The van der Waals surface area contributed by atoms with Crippen molar-refractivity contribution >= 4 is 11.8 Å². The minimum Gasteiger partial charge on any atom is -0.494 e. The van der Waals surface area contributed by atoms with Crippen molar-refractivity contribution in [2.24, 2.45) is 0 Å². The van der Waals surface area contributed by atoms with Crippen LogP contribution in [0.5, 0.6) is 5.75 Å². The summed E-state index contributed by atoms with van der Waals surface area (Å²) >= 11 is 0. The van der Waals surface area contributed by atoms with Gasteiger partial charge in [0.25, 0.3) is 5.91 Å². The molecule has 0 radical (unpaired) electrons. The molecule has 0 aliphatic heterocycles. The van der Waals surface area contributed by atoms with Gasteiger partial charge in [-0.2, -0.15) is 0 Å². The summed E-state index contributed by atoms with van der Waals surface area (Å²) in [7, 11) is 3.32. The number of nitrogens with zero attached hydrogens (tertiary/aromatic N) is 4. The Morgan fingerprint density at radius 1 is 1.07 bits per heavy atom. The Hall–Kier alpha value is -3.68. The topological polar surface area (TPSA) is 89.4 Å². The highest BCUT2D eigenvalue weighted by molar-refractivity contribution is 5.92. The van der Waals surface area contributed by atoms with Crippen molar-refractivity contribution in [3.63, 3.8) is 0 Å². The Balaban J connectivity index is 1.80. The van der Waals surface area contributed by atoms with E-state index < -0.39 is 0 Å². The van der Waals surface area contributed by atoms with Gasteiger partial charge >= 0.3 is 0 Å². The molecule has 8 nitrogen and oxygen atoms in total. The first-order chi connectivity index (χ1) is 14.5. The van der Waals surface area contributed by atoms with E-state index in [2.05, 4.69) is 15.6 Å². The van der Waals surface area contributed by atoms with Crippen molar-refractivity contribution in [1.29, 1.82) is 0 Å². The van der Waals surface area contributed by atoms with Crippen LogP contribution in [0.4, 0.5) is 0 Å². The lowest BCUT2D eigenvalue weighted by Crippen LogP contribution is -2.29. The highest BCUT2D eigenvalue weighted by Gasteiger charge is 2.20.